The Kier molecular flexibility index (Phi) is 3.42. The molecule has 24 heavy (non-hydrogen) atoms. The van der Waals surface area contributed by atoms with Crippen LogP contribution in [0.3, 0.4) is 0 Å². The monoisotopic (exact) mass is 317 g/mol. The van der Waals surface area contributed by atoms with Crippen LogP contribution in [0.5, 0.6) is 0 Å². The van der Waals surface area contributed by atoms with Gasteiger partial charge >= 0.3 is 5.69 Å². The Balaban J connectivity index is 1.85. The molecule has 2 aromatic carbocycles. The third-order valence-corrected chi connectivity index (χ3v) is 3.92. The zero-order chi connectivity index (χ0) is 16.5. The van der Waals surface area contributed by atoms with E-state index in [0.29, 0.717) is 12.2 Å². The number of benzene rings is 2. The van der Waals surface area contributed by atoms with Crippen LogP contribution in [0.4, 0.5) is 0 Å². The average Bonchev–Trinajstić information content (AvgIpc) is 2.96. The maximum absolute atomic E-state index is 12.7. The van der Waals surface area contributed by atoms with E-state index in [9.17, 15) is 4.79 Å². The lowest BCUT2D eigenvalue weighted by molar-refractivity contribution is 0.546. The number of aromatic nitrogens is 5. The van der Waals surface area contributed by atoms with Crippen molar-refractivity contribution >= 4 is 5.65 Å². The molecule has 0 spiro atoms. The van der Waals surface area contributed by atoms with Crippen LogP contribution >= 0.6 is 0 Å². The Hall–Kier alpha value is -3.28. The smallest absolute Gasteiger partial charge is 0.244 e. The van der Waals surface area contributed by atoms with Crippen LogP contribution in [0.1, 0.15) is 11.3 Å². The van der Waals surface area contributed by atoms with Gasteiger partial charge in [-0.05, 0) is 18.1 Å². The molecule has 0 amide bonds. The van der Waals surface area contributed by atoms with Gasteiger partial charge in [0.2, 0.25) is 0 Å². The van der Waals surface area contributed by atoms with Crippen LogP contribution < -0.4 is 5.69 Å². The molecule has 118 valence electrons. The zero-order valence-electron chi connectivity index (χ0n) is 13.1. The third kappa shape index (κ3) is 2.38. The molecule has 4 rings (SSSR count). The molecule has 0 unspecified atom stereocenters. The highest BCUT2D eigenvalue weighted by molar-refractivity contribution is 5.79. The fourth-order valence-corrected chi connectivity index (χ4v) is 2.78. The largest absolute Gasteiger partial charge is 0.368 e. The first-order chi connectivity index (χ1) is 11.7. The summed E-state index contributed by atoms with van der Waals surface area (Å²) in [5.41, 5.74) is 3.74. The summed E-state index contributed by atoms with van der Waals surface area (Å²) >= 11 is 0. The highest BCUT2D eigenvalue weighted by Crippen LogP contribution is 2.25. The molecule has 0 bridgehead atoms. The normalized spacial score (nSPS) is 11.0. The summed E-state index contributed by atoms with van der Waals surface area (Å²) in [5.74, 6) is 0. The fraction of sp³-hybridized carbons (Fsp3) is 0.111. The maximum atomic E-state index is 12.7. The summed E-state index contributed by atoms with van der Waals surface area (Å²) in [6, 6.07) is 19.5. The number of hydrogen-bond acceptors (Lipinski definition) is 4. The van der Waals surface area contributed by atoms with Gasteiger partial charge in [0.25, 0.3) is 0 Å². The van der Waals surface area contributed by atoms with Gasteiger partial charge in [-0.1, -0.05) is 65.9 Å². The Morgan fingerprint density at radius 1 is 0.958 bits per heavy atom. The predicted molar refractivity (Wildman–Crippen MR) is 90.8 cm³/mol. The molecule has 4 aromatic rings. The quantitative estimate of drug-likeness (QED) is 0.581. The van der Waals surface area contributed by atoms with Crippen molar-refractivity contribution < 1.29 is 0 Å². The number of fused-ring (bicyclic) bond motifs is 1. The van der Waals surface area contributed by atoms with E-state index in [1.807, 2.05) is 67.6 Å². The lowest BCUT2D eigenvalue weighted by Gasteiger charge is -2.04. The van der Waals surface area contributed by atoms with Gasteiger partial charge in [-0.25, -0.2) is 4.79 Å². The molecule has 0 aliphatic carbocycles. The van der Waals surface area contributed by atoms with Crippen molar-refractivity contribution in [1.29, 1.82) is 0 Å². The summed E-state index contributed by atoms with van der Waals surface area (Å²) in [7, 11) is 0. The van der Waals surface area contributed by atoms with Crippen molar-refractivity contribution in [2.45, 2.75) is 13.5 Å². The van der Waals surface area contributed by atoms with Gasteiger partial charge in [0.05, 0.1) is 17.8 Å². The molecule has 2 heterocycles. The van der Waals surface area contributed by atoms with Crippen LogP contribution in [-0.2, 0) is 6.54 Å². The Morgan fingerprint density at radius 3 is 2.33 bits per heavy atom. The standard InChI is InChI=1S/C18H15N5O/c1-13-16(15-10-6-3-7-11-15)17-19-21-22(18(24)23(17)20-13)12-14-8-4-2-5-9-14/h2-11H,12H2,1H3. The average molecular weight is 317 g/mol. The summed E-state index contributed by atoms with van der Waals surface area (Å²) in [5, 5.41) is 12.7. The fourth-order valence-electron chi connectivity index (χ4n) is 2.78. The van der Waals surface area contributed by atoms with Crippen LogP contribution in [-0.4, -0.2) is 24.6 Å². The van der Waals surface area contributed by atoms with Gasteiger partial charge in [0, 0.05) is 0 Å². The van der Waals surface area contributed by atoms with E-state index in [1.54, 1.807) is 0 Å². The van der Waals surface area contributed by atoms with Gasteiger partial charge in [-0.3, -0.25) is 0 Å². The molecule has 0 radical (unpaired) electrons. The number of nitrogens with zero attached hydrogens (tertiary/aromatic N) is 5. The Bertz CT molecular complexity index is 1050. The Labute approximate surface area is 138 Å². The molecule has 6 heteroatoms. The Morgan fingerprint density at radius 2 is 1.62 bits per heavy atom. The van der Waals surface area contributed by atoms with E-state index in [2.05, 4.69) is 15.4 Å². The van der Waals surface area contributed by atoms with Gasteiger partial charge in [-0.15, -0.1) is 5.10 Å². The summed E-state index contributed by atoms with van der Waals surface area (Å²) < 4.78 is 2.65. The number of aryl methyl sites for hydroxylation is 1. The minimum absolute atomic E-state index is 0.297. The molecule has 6 nitrogen and oxygen atoms in total. The van der Waals surface area contributed by atoms with E-state index in [4.69, 9.17) is 0 Å². The van der Waals surface area contributed by atoms with Crippen molar-refractivity contribution in [3.63, 3.8) is 0 Å². The lowest BCUT2D eigenvalue weighted by atomic mass is 10.1. The van der Waals surface area contributed by atoms with E-state index >= 15 is 0 Å². The minimum Gasteiger partial charge on any atom is -0.244 e. The third-order valence-electron chi connectivity index (χ3n) is 3.92. The second-order valence-corrected chi connectivity index (χ2v) is 5.58. The van der Waals surface area contributed by atoms with Crippen molar-refractivity contribution in [1.82, 2.24) is 24.6 Å². The molecular weight excluding hydrogens is 302 g/mol. The van der Waals surface area contributed by atoms with Crippen LogP contribution in [0.25, 0.3) is 16.8 Å². The SMILES string of the molecule is Cc1nn2c(=O)n(Cc3ccccc3)nnc2c1-c1ccccc1. The summed E-state index contributed by atoms with van der Waals surface area (Å²) in [6.07, 6.45) is 0. The van der Waals surface area contributed by atoms with Crippen molar-refractivity contribution in [2.75, 3.05) is 0 Å². The van der Waals surface area contributed by atoms with Crippen LogP contribution in [0, 0.1) is 6.92 Å². The summed E-state index contributed by atoms with van der Waals surface area (Å²) in [6.45, 7) is 2.24. The van der Waals surface area contributed by atoms with Gasteiger partial charge in [0.1, 0.15) is 0 Å². The molecular formula is C18H15N5O. The molecule has 0 aliphatic heterocycles. The first-order valence-corrected chi connectivity index (χ1v) is 7.66. The molecule has 0 fully saturated rings. The molecule has 0 atom stereocenters. The highest BCUT2D eigenvalue weighted by Gasteiger charge is 2.16. The van der Waals surface area contributed by atoms with Gasteiger partial charge < -0.3 is 0 Å². The molecule has 0 aliphatic rings. The van der Waals surface area contributed by atoms with E-state index in [0.717, 1.165) is 22.4 Å². The van der Waals surface area contributed by atoms with Crippen LogP contribution in [0.2, 0.25) is 0 Å². The second kappa shape index (κ2) is 5.73. The number of rotatable bonds is 3. The topological polar surface area (TPSA) is 65.1 Å². The van der Waals surface area contributed by atoms with E-state index < -0.39 is 0 Å². The highest BCUT2D eigenvalue weighted by atomic mass is 16.2. The van der Waals surface area contributed by atoms with Crippen molar-refractivity contribution in [2.24, 2.45) is 0 Å². The summed E-state index contributed by atoms with van der Waals surface area (Å²) in [4.78, 5) is 12.7. The minimum atomic E-state index is -0.297. The maximum Gasteiger partial charge on any atom is 0.368 e. The van der Waals surface area contributed by atoms with Gasteiger partial charge in [-0.2, -0.15) is 14.3 Å². The van der Waals surface area contributed by atoms with Crippen molar-refractivity contribution in [3.05, 3.63) is 82.4 Å². The predicted octanol–water partition coefficient (Wildman–Crippen LogP) is 2.31. The first kappa shape index (κ1) is 14.3. The van der Waals surface area contributed by atoms with Crippen LogP contribution in [0.15, 0.2) is 65.5 Å². The van der Waals surface area contributed by atoms with E-state index in [-0.39, 0.29) is 5.69 Å². The molecule has 0 saturated heterocycles. The molecule has 0 saturated carbocycles. The molecule has 2 aromatic heterocycles. The second-order valence-electron chi connectivity index (χ2n) is 5.58. The van der Waals surface area contributed by atoms with Crippen molar-refractivity contribution in [3.8, 4) is 11.1 Å². The molecule has 0 N–H and O–H groups in total. The van der Waals surface area contributed by atoms with E-state index in [1.165, 1.54) is 9.20 Å². The number of hydrogen-bond donors (Lipinski definition) is 0. The van der Waals surface area contributed by atoms with Gasteiger partial charge in [0.15, 0.2) is 5.65 Å². The first-order valence-electron chi connectivity index (χ1n) is 7.66. The zero-order valence-corrected chi connectivity index (χ0v) is 13.1. The lowest BCUT2D eigenvalue weighted by Crippen LogP contribution is -2.31.